The maximum Gasteiger partial charge on any atom is 0.335 e. The highest BCUT2D eigenvalue weighted by Crippen LogP contribution is 2.13. The van der Waals surface area contributed by atoms with E-state index in [9.17, 15) is 9.00 Å². The molecule has 1 aromatic carbocycles. The molecule has 1 rings (SSSR count). The van der Waals surface area contributed by atoms with E-state index in [0.29, 0.717) is 4.90 Å². The first kappa shape index (κ1) is 11.4. The Kier molecular flexibility index (Phi) is 3.58. The van der Waals surface area contributed by atoms with Crippen molar-refractivity contribution in [3.8, 4) is 6.07 Å². The van der Waals surface area contributed by atoms with Crippen LogP contribution in [-0.4, -0.2) is 20.5 Å². The van der Waals surface area contributed by atoms with E-state index in [1.54, 1.807) is 6.07 Å². The average Bonchev–Trinajstić information content (AvgIpc) is 2.27. The second-order valence-electron chi connectivity index (χ2n) is 2.90. The summed E-state index contributed by atoms with van der Waals surface area (Å²) in [6, 6.07) is 7.67. The third-order valence-corrected chi connectivity index (χ3v) is 3.28. The number of carboxylic acid groups (broad SMARTS) is 1. The molecule has 0 aliphatic heterocycles. The first-order valence-corrected chi connectivity index (χ1v) is 5.41. The monoisotopic (exact) mass is 223 g/mol. The van der Waals surface area contributed by atoms with Gasteiger partial charge in [-0.2, -0.15) is 5.26 Å². The van der Waals surface area contributed by atoms with Gasteiger partial charge < -0.3 is 5.11 Å². The molecule has 4 nitrogen and oxygen atoms in total. The van der Waals surface area contributed by atoms with Crippen LogP contribution in [0.1, 0.15) is 17.3 Å². The molecule has 0 spiro atoms. The van der Waals surface area contributed by atoms with Gasteiger partial charge in [0.2, 0.25) is 0 Å². The first-order valence-electron chi connectivity index (χ1n) is 4.20. The van der Waals surface area contributed by atoms with Gasteiger partial charge in [-0.25, -0.2) is 4.79 Å². The van der Waals surface area contributed by atoms with Crippen molar-refractivity contribution in [3.05, 3.63) is 29.8 Å². The molecule has 0 aromatic heterocycles. The lowest BCUT2D eigenvalue weighted by molar-refractivity contribution is 0.0696. The number of nitriles is 1. The fourth-order valence-corrected chi connectivity index (χ4v) is 1.97. The van der Waals surface area contributed by atoms with Gasteiger partial charge in [-0.3, -0.25) is 4.21 Å². The van der Waals surface area contributed by atoms with E-state index in [4.69, 9.17) is 10.4 Å². The number of carbonyl (C=O) groups is 1. The quantitative estimate of drug-likeness (QED) is 0.840. The van der Waals surface area contributed by atoms with E-state index in [2.05, 4.69) is 0 Å². The van der Waals surface area contributed by atoms with E-state index in [0.717, 1.165) is 0 Å². The third kappa shape index (κ3) is 2.64. The molecule has 0 saturated heterocycles. The maximum absolute atomic E-state index is 11.6. The number of hydrogen-bond acceptors (Lipinski definition) is 3. The highest BCUT2D eigenvalue weighted by atomic mass is 32.2. The van der Waals surface area contributed by atoms with E-state index < -0.39 is 22.0 Å². The Morgan fingerprint density at radius 2 is 2.27 bits per heavy atom. The normalized spacial score (nSPS) is 13.9. The molecule has 5 heteroatoms. The van der Waals surface area contributed by atoms with Gasteiger partial charge in [-0.15, -0.1) is 0 Å². The minimum Gasteiger partial charge on any atom is -0.478 e. The Morgan fingerprint density at radius 3 is 2.80 bits per heavy atom. The van der Waals surface area contributed by atoms with Crippen molar-refractivity contribution in [2.45, 2.75) is 17.1 Å². The molecule has 0 bridgehead atoms. The van der Waals surface area contributed by atoms with Crippen LogP contribution in [0.5, 0.6) is 0 Å². The molecule has 2 atom stereocenters. The van der Waals surface area contributed by atoms with Crippen LogP contribution in [0.15, 0.2) is 29.2 Å². The molecule has 1 N–H and O–H groups in total. The van der Waals surface area contributed by atoms with Crippen LogP contribution < -0.4 is 0 Å². The summed E-state index contributed by atoms with van der Waals surface area (Å²) in [5.74, 6) is -1.07. The Hall–Kier alpha value is -1.67. The molecule has 0 heterocycles. The van der Waals surface area contributed by atoms with Crippen molar-refractivity contribution in [1.82, 2.24) is 0 Å². The van der Waals surface area contributed by atoms with Crippen LogP contribution >= 0.6 is 0 Å². The summed E-state index contributed by atoms with van der Waals surface area (Å²) < 4.78 is 11.6. The fourth-order valence-electron chi connectivity index (χ4n) is 1.01. The molecular formula is C10H9NO3S. The number of hydrogen-bond donors (Lipinski definition) is 1. The largest absolute Gasteiger partial charge is 0.478 e. The Bertz CT molecular complexity index is 450. The number of nitrogens with zero attached hydrogens (tertiary/aromatic N) is 1. The summed E-state index contributed by atoms with van der Waals surface area (Å²) in [5, 5.41) is 16.7. The minimum absolute atomic E-state index is 0.0750. The van der Waals surface area contributed by atoms with Crippen molar-refractivity contribution >= 4 is 16.8 Å². The zero-order valence-corrected chi connectivity index (χ0v) is 8.82. The molecule has 2 unspecified atom stereocenters. The van der Waals surface area contributed by atoms with E-state index >= 15 is 0 Å². The summed E-state index contributed by atoms with van der Waals surface area (Å²) in [7, 11) is -1.48. The Balaban J connectivity index is 3.07. The zero-order chi connectivity index (χ0) is 11.4. The van der Waals surface area contributed by atoms with Crippen LogP contribution in [0.3, 0.4) is 0 Å². The fraction of sp³-hybridized carbons (Fsp3) is 0.200. The topological polar surface area (TPSA) is 78.2 Å². The summed E-state index contributed by atoms with van der Waals surface area (Å²) in [5.41, 5.74) is 0.0750. The molecule has 0 amide bonds. The van der Waals surface area contributed by atoms with E-state index in [1.807, 2.05) is 6.07 Å². The van der Waals surface area contributed by atoms with Gasteiger partial charge in [0.1, 0.15) is 5.25 Å². The summed E-state index contributed by atoms with van der Waals surface area (Å²) in [6.07, 6.45) is 0. The molecular weight excluding hydrogens is 214 g/mol. The van der Waals surface area contributed by atoms with Gasteiger partial charge >= 0.3 is 5.97 Å². The van der Waals surface area contributed by atoms with Crippen LogP contribution in [-0.2, 0) is 10.8 Å². The minimum atomic E-state index is -1.48. The van der Waals surface area contributed by atoms with Crippen molar-refractivity contribution in [2.24, 2.45) is 0 Å². The highest BCUT2D eigenvalue weighted by molar-refractivity contribution is 7.86. The SMILES string of the molecule is CC(C#N)S(=O)c1cccc(C(=O)O)c1. The molecule has 0 aliphatic rings. The molecule has 0 radical (unpaired) electrons. The van der Waals surface area contributed by atoms with Gasteiger partial charge in [-0.1, -0.05) is 6.07 Å². The molecule has 1 aromatic rings. The van der Waals surface area contributed by atoms with Crippen molar-refractivity contribution in [1.29, 1.82) is 5.26 Å². The predicted octanol–water partition coefficient (Wildman–Crippen LogP) is 1.40. The molecule has 0 saturated carbocycles. The first-order chi connectivity index (χ1) is 7.06. The zero-order valence-electron chi connectivity index (χ0n) is 8.01. The lowest BCUT2D eigenvalue weighted by Crippen LogP contribution is -2.08. The summed E-state index contributed by atoms with van der Waals surface area (Å²) >= 11 is 0. The van der Waals surface area contributed by atoms with Crippen molar-refractivity contribution < 1.29 is 14.1 Å². The van der Waals surface area contributed by atoms with Crippen LogP contribution in [0, 0.1) is 11.3 Å². The summed E-state index contributed by atoms with van der Waals surface area (Å²) in [6.45, 7) is 1.53. The van der Waals surface area contributed by atoms with E-state index in [-0.39, 0.29) is 5.56 Å². The number of rotatable bonds is 3. The highest BCUT2D eigenvalue weighted by Gasteiger charge is 2.13. The smallest absolute Gasteiger partial charge is 0.335 e. The number of benzene rings is 1. The standard InChI is InChI=1S/C10H9NO3S/c1-7(6-11)15(14)9-4-2-3-8(5-9)10(12)13/h2-5,7H,1H3,(H,12,13). The van der Waals surface area contributed by atoms with Gasteiger partial charge in [0.15, 0.2) is 0 Å². The molecule has 0 fully saturated rings. The van der Waals surface area contributed by atoms with Crippen LogP contribution in [0.2, 0.25) is 0 Å². The van der Waals surface area contributed by atoms with Gasteiger partial charge in [0.25, 0.3) is 0 Å². The molecule has 15 heavy (non-hydrogen) atoms. The van der Waals surface area contributed by atoms with Crippen molar-refractivity contribution in [2.75, 3.05) is 0 Å². The second-order valence-corrected chi connectivity index (χ2v) is 4.68. The molecule has 0 aliphatic carbocycles. The van der Waals surface area contributed by atoms with Gasteiger partial charge in [0.05, 0.1) is 22.4 Å². The van der Waals surface area contributed by atoms with E-state index in [1.165, 1.54) is 25.1 Å². The van der Waals surface area contributed by atoms with Crippen molar-refractivity contribution in [3.63, 3.8) is 0 Å². The third-order valence-electron chi connectivity index (χ3n) is 1.82. The van der Waals surface area contributed by atoms with Crippen LogP contribution in [0.4, 0.5) is 0 Å². The number of carboxylic acids is 1. The van der Waals surface area contributed by atoms with Gasteiger partial charge in [0, 0.05) is 4.90 Å². The lowest BCUT2D eigenvalue weighted by atomic mass is 10.2. The Labute approximate surface area is 89.6 Å². The molecule has 78 valence electrons. The average molecular weight is 223 g/mol. The predicted molar refractivity (Wildman–Crippen MR) is 54.9 cm³/mol. The maximum atomic E-state index is 11.6. The van der Waals surface area contributed by atoms with Crippen LogP contribution in [0.25, 0.3) is 0 Å². The second kappa shape index (κ2) is 4.71. The Morgan fingerprint density at radius 1 is 1.60 bits per heavy atom. The lowest BCUT2D eigenvalue weighted by Gasteiger charge is -2.03. The number of aromatic carboxylic acids is 1. The summed E-state index contributed by atoms with van der Waals surface area (Å²) in [4.78, 5) is 11.0. The van der Waals surface area contributed by atoms with Gasteiger partial charge in [-0.05, 0) is 25.1 Å².